The van der Waals surface area contributed by atoms with E-state index in [1.807, 2.05) is 30.3 Å². The number of benzene rings is 2. The van der Waals surface area contributed by atoms with Crippen LogP contribution in [0.4, 0.5) is 14.5 Å². The molecular formula is C17H18F2N2. The summed E-state index contributed by atoms with van der Waals surface area (Å²) in [5.41, 5.74) is 1.70. The molecule has 1 heterocycles. The number of nitrogens with zero attached hydrogens (tertiary/aromatic N) is 1. The van der Waals surface area contributed by atoms with Gasteiger partial charge in [0.15, 0.2) is 5.82 Å². The molecule has 1 aliphatic heterocycles. The van der Waals surface area contributed by atoms with E-state index in [1.54, 1.807) is 11.8 Å². The van der Waals surface area contributed by atoms with Crippen molar-refractivity contribution in [1.82, 2.24) is 5.32 Å². The molecule has 0 bridgehead atoms. The molecule has 110 valence electrons. The van der Waals surface area contributed by atoms with Crippen LogP contribution in [-0.2, 0) is 0 Å². The minimum Gasteiger partial charge on any atom is -0.364 e. The lowest BCUT2D eigenvalue weighted by Gasteiger charge is -2.36. The minimum absolute atomic E-state index is 0.0827. The van der Waals surface area contributed by atoms with Gasteiger partial charge < -0.3 is 10.2 Å². The molecule has 0 saturated carbocycles. The van der Waals surface area contributed by atoms with E-state index >= 15 is 0 Å². The SMILES string of the molecule is Cc1ccc(F)c(N2CCNC(c3ccccc3)C2)c1F. The number of nitrogens with one attached hydrogen (secondary N) is 1. The Hall–Kier alpha value is -1.94. The first-order valence-corrected chi connectivity index (χ1v) is 7.14. The maximum absolute atomic E-state index is 14.3. The van der Waals surface area contributed by atoms with Crippen LogP contribution in [0.25, 0.3) is 0 Å². The molecule has 0 amide bonds. The molecule has 3 rings (SSSR count). The molecule has 1 atom stereocenters. The second-order valence-electron chi connectivity index (χ2n) is 5.39. The molecule has 4 heteroatoms. The van der Waals surface area contributed by atoms with Crippen molar-refractivity contribution in [1.29, 1.82) is 0 Å². The number of rotatable bonds is 2. The van der Waals surface area contributed by atoms with Crippen molar-refractivity contribution in [2.45, 2.75) is 13.0 Å². The van der Waals surface area contributed by atoms with E-state index in [2.05, 4.69) is 5.32 Å². The third-order valence-corrected chi connectivity index (χ3v) is 3.95. The summed E-state index contributed by atoms with van der Waals surface area (Å²) in [6.07, 6.45) is 0. The highest BCUT2D eigenvalue weighted by atomic mass is 19.1. The summed E-state index contributed by atoms with van der Waals surface area (Å²) in [6, 6.07) is 12.9. The Bertz CT molecular complexity index is 628. The molecule has 21 heavy (non-hydrogen) atoms. The number of aryl methyl sites for hydroxylation is 1. The van der Waals surface area contributed by atoms with Crippen LogP contribution in [0.15, 0.2) is 42.5 Å². The zero-order chi connectivity index (χ0) is 14.8. The van der Waals surface area contributed by atoms with Crippen molar-refractivity contribution < 1.29 is 8.78 Å². The molecule has 0 aromatic heterocycles. The van der Waals surface area contributed by atoms with Crippen molar-refractivity contribution in [2.24, 2.45) is 0 Å². The molecule has 1 unspecified atom stereocenters. The minimum atomic E-state index is -0.494. The Morgan fingerprint density at radius 1 is 1.10 bits per heavy atom. The Kier molecular flexibility index (Phi) is 3.88. The maximum atomic E-state index is 14.3. The Balaban J connectivity index is 1.89. The summed E-state index contributed by atoms with van der Waals surface area (Å²) in [6.45, 7) is 3.52. The average Bonchev–Trinajstić information content (AvgIpc) is 2.53. The van der Waals surface area contributed by atoms with Gasteiger partial charge in [0, 0.05) is 25.7 Å². The molecule has 1 aliphatic rings. The van der Waals surface area contributed by atoms with Crippen molar-refractivity contribution in [2.75, 3.05) is 24.5 Å². The number of hydrogen-bond donors (Lipinski definition) is 1. The largest absolute Gasteiger partial charge is 0.364 e. The highest BCUT2D eigenvalue weighted by Gasteiger charge is 2.25. The topological polar surface area (TPSA) is 15.3 Å². The van der Waals surface area contributed by atoms with Gasteiger partial charge in [0.2, 0.25) is 0 Å². The van der Waals surface area contributed by atoms with E-state index < -0.39 is 11.6 Å². The van der Waals surface area contributed by atoms with Crippen LogP contribution < -0.4 is 10.2 Å². The highest BCUT2D eigenvalue weighted by molar-refractivity contribution is 5.52. The van der Waals surface area contributed by atoms with E-state index in [4.69, 9.17) is 0 Å². The fourth-order valence-electron chi connectivity index (χ4n) is 2.79. The zero-order valence-electron chi connectivity index (χ0n) is 11.9. The van der Waals surface area contributed by atoms with Gasteiger partial charge in [-0.3, -0.25) is 0 Å². The lowest BCUT2D eigenvalue weighted by Crippen LogP contribution is -2.46. The second-order valence-corrected chi connectivity index (χ2v) is 5.39. The monoisotopic (exact) mass is 288 g/mol. The van der Waals surface area contributed by atoms with E-state index in [-0.39, 0.29) is 11.7 Å². The van der Waals surface area contributed by atoms with Crippen molar-refractivity contribution >= 4 is 5.69 Å². The van der Waals surface area contributed by atoms with Gasteiger partial charge in [0.1, 0.15) is 11.5 Å². The lowest BCUT2D eigenvalue weighted by atomic mass is 10.0. The molecular weight excluding hydrogens is 270 g/mol. The highest BCUT2D eigenvalue weighted by Crippen LogP contribution is 2.29. The number of halogens is 2. The number of hydrogen-bond acceptors (Lipinski definition) is 2. The van der Waals surface area contributed by atoms with Crippen LogP contribution in [0.3, 0.4) is 0 Å². The molecule has 0 spiro atoms. The Labute approximate surface area is 123 Å². The van der Waals surface area contributed by atoms with Crippen LogP contribution in [0.1, 0.15) is 17.2 Å². The molecule has 1 saturated heterocycles. The summed E-state index contributed by atoms with van der Waals surface area (Å²) in [7, 11) is 0. The Morgan fingerprint density at radius 2 is 1.86 bits per heavy atom. The normalized spacial score (nSPS) is 18.8. The summed E-state index contributed by atoms with van der Waals surface area (Å²) in [5.74, 6) is -0.949. The van der Waals surface area contributed by atoms with Gasteiger partial charge in [0.25, 0.3) is 0 Å². The Morgan fingerprint density at radius 3 is 2.62 bits per heavy atom. The summed E-state index contributed by atoms with van der Waals surface area (Å²) >= 11 is 0. The third kappa shape index (κ3) is 2.76. The van der Waals surface area contributed by atoms with Gasteiger partial charge in [-0.25, -0.2) is 8.78 Å². The van der Waals surface area contributed by atoms with Crippen molar-refractivity contribution in [3.05, 3.63) is 65.2 Å². The van der Waals surface area contributed by atoms with Gasteiger partial charge >= 0.3 is 0 Å². The van der Waals surface area contributed by atoms with E-state index in [0.717, 1.165) is 5.56 Å². The third-order valence-electron chi connectivity index (χ3n) is 3.95. The van der Waals surface area contributed by atoms with E-state index in [0.29, 0.717) is 25.2 Å². The van der Waals surface area contributed by atoms with E-state index in [1.165, 1.54) is 12.1 Å². The number of anilines is 1. The van der Waals surface area contributed by atoms with Gasteiger partial charge in [-0.2, -0.15) is 0 Å². The summed E-state index contributed by atoms with van der Waals surface area (Å²) in [4.78, 5) is 1.80. The molecule has 2 nitrogen and oxygen atoms in total. The second kappa shape index (κ2) is 5.82. The van der Waals surface area contributed by atoms with Crippen molar-refractivity contribution in [3.63, 3.8) is 0 Å². The molecule has 0 radical (unpaired) electrons. The lowest BCUT2D eigenvalue weighted by molar-refractivity contribution is 0.458. The van der Waals surface area contributed by atoms with Crippen LogP contribution in [0.5, 0.6) is 0 Å². The predicted octanol–water partition coefficient (Wildman–Crippen LogP) is 3.42. The van der Waals surface area contributed by atoms with Crippen LogP contribution in [0, 0.1) is 18.6 Å². The van der Waals surface area contributed by atoms with Crippen LogP contribution in [0.2, 0.25) is 0 Å². The molecule has 1 fully saturated rings. The first-order valence-electron chi connectivity index (χ1n) is 7.14. The number of piperazine rings is 1. The predicted molar refractivity (Wildman–Crippen MR) is 80.5 cm³/mol. The average molecular weight is 288 g/mol. The first kappa shape index (κ1) is 14.0. The van der Waals surface area contributed by atoms with Gasteiger partial charge in [0.05, 0.1) is 0 Å². The first-order chi connectivity index (χ1) is 10.2. The van der Waals surface area contributed by atoms with Crippen LogP contribution in [-0.4, -0.2) is 19.6 Å². The van der Waals surface area contributed by atoms with Gasteiger partial charge in [-0.1, -0.05) is 36.4 Å². The molecule has 2 aromatic rings. The van der Waals surface area contributed by atoms with Gasteiger partial charge in [-0.15, -0.1) is 0 Å². The summed E-state index contributed by atoms with van der Waals surface area (Å²) in [5, 5.41) is 3.40. The fraction of sp³-hybridized carbons (Fsp3) is 0.294. The van der Waals surface area contributed by atoms with Crippen LogP contribution >= 0.6 is 0 Å². The fourth-order valence-corrected chi connectivity index (χ4v) is 2.79. The maximum Gasteiger partial charge on any atom is 0.152 e. The summed E-state index contributed by atoms with van der Waals surface area (Å²) < 4.78 is 28.3. The smallest absolute Gasteiger partial charge is 0.152 e. The quantitative estimate of drug-likeness (QED) is 0.911. The standard InChI is InChI=1S/C17H18F2N2/c1-12-7-8-14(18)17(16(12)19)21-10-9-20-15(11-21)13-5-3-2-4-6-13/h2-8,15,20H,9-11H2,1H3. The molecule has 0 aliphatic carbocycles. The van der Waals surface area contributed by atoms with Crippen molar-refractivity contribution in [3.8, 4) is 0 Å². The molecule has 1 N–H and O–H groups in total. The molecule has 2 aromatic carbocycles. The van der Waals surface area contributed by atoms with E-state index in [9.17, 15) is 8.78 Å². The van der Waals surface area contributed by atoms with Gasteiger partial charge in [-0.05, 0) is 24.1 Å². The zero-order valence-corrected chi connectivity index (χ0v) is 11.9.